The summed E-state index contributed by atoms with van der Waals surface area (Å²) in [4.78, 5) is 18.9. The highest BCUT2D eigenvalue weighted by atomic mass is 16.7. The fourth-order valence-corrected chi connectivity index (χ4v) is 4.79. The number of aromatic nitrogens is 4. The number of hydrogen-bond acceptors (Lipinski definition) is 7. The van der Waals surface area contributed by atoms with Crippen molar-refractivity contribution in [1.29, 1.82) is 0 Å². The number of ether oxygens (including phenoxy) is 2. The number of nitrogens with zero attached hydrogens (tertiary/aromatic N) is 5. The molecule has 2 aliphatic rings. The van der Waals surface area contributed by atoms with Gasteiger partial charge in [0.1, 0.15) is 5.82 Å². The predicted octanol–water partition coefficient (Wildman–Crippen LogP) is 2.39. The minimum Gasteiger partial charge on any atom is -0.454 e. The van der Waals surface area contributed by atoms with Crippen LogP contribution in [0.4, 0.5) is 0 Å². The van der Waals surface area contributed by atoms with Crippen molar-refractivity contribution >= 4 is 5.91 Å². The molecular weight excluding hydrogens is 444 g/mol. The minimum absolute atomic E-state index is 0.0128. The van der Waals surface area contributed by atoms with Gasteiger partial charge in [0.2, 0.25) is 12.7 Å². The Bertz CT molecular complexity index is 1150. The highest BCUT2D eigenvalue weighted by Gasteiger charge is 2.21. The second kappa shape index (κ2) is 10.9. The SMILES string of the molecule is C[C@@H](Cc1ccc2c(c1)OCO2)CN1CCc2nnc(CNC(=O)CCc3cccnc3)n2CC1. The zero-order chi connectivity index (χ0) is 24.0. The summed E-state index contributed by atoms with van der Waals surface area (Å²) in [6.07, 6.45) is 6.50. The Morgan fingerprint density at radius 1 is 1.11 bits per heavy atom. The maximum atomic E-state index is 12.3. The van der Waals surface area contributed by atoms with Crippen LogP contribution in [-0.2, 0) is 37.1 Å². The van der Waals surface area contributed by atoms with Crippen molar-refractivity contribution < 1.29 is 14.3 Å². The Hall–Kier alpha value is -3.46. The molecule has 3 aromatic rings. The molecule has 1 N–H and O–H groups in total. The zero-order valence-electron chi connectivity index (χ0n) is 20.2. The van der Waals surface area contributed by atoms with Gasteiger partial charge in [0, 0.05) is 51.4 Å². The Morgan fingerprint density at radius 3 is 2.91 bits per heavy atom. The number of aryl methyl sites for hydroxylation is 1. The van der Waals surface area contributed by atoms with Gasteiger partial charge in [-0.15, -0.1) is 10.2 Å². The van der Waals surface area contributed by atoms with E-state index in [0.717, 1.165) is 67.7 Å². The average Bonchev–Trinajstić information content (AvgIpc) is 3.44. The van der Waals surface area contributed by atoms with Gasteiger partial charge in [-0.25, -0.2) is 0 Å². The van der Waals surface area contributed by atoms with Gasteiger partial charge >= 0.3 is 0 Å². The van der Waals surface area contributed by atoms with Crippen LogP contribution in [0.1, 0.15) is 36.1 Å². The smallest absolute Gasteiger partial charge is 0.231 e. The molecule has 0 fully saturated rings. The number of rotatable bonds is 9. The molecule has 0 bridgehead atoms. The van der Waals surface area contributed by atoms with E-state index in [-0.39, 0.29) is 5.91 Å². The maximum Gasteiger partial charge on any atom is 0.231 e. The Balaban J connectivity index is 1.09. The van der Waals surface area contributed by atoms with Crippen molar-refractivity contribution in [3.05, 3.63) is 65.5 Å². The zero-order valence-corrected chi connectivity index (χ0v) is 20.2. The summed E-state index contributed by atoms with van der Waals surface area (Å²) >= 11 is 0. The van der Waals surface area contributed by atoms with Crippen LogP contribution in [0.25, 0.3) is 0 Å². The molecule has 0 aliphatic carbocycles. The Labute approximate surface area is 205 Å². The van der Waals surface area contributed by atoms with Crippen molar-refractivity contribution in [2.24, 2.45) is 5.92 Å². The van der Waals surface area contributed by atoms with Gasteiger partial charge in [-0.05, 0) is 48.1 Å². The lowest BCUT2D eigenvalue weighted by molar-refractivity contribution is -0.121. The van der Waals surface area contributed by atoms with Crippen LogP contribution >= 0.6 is 0 Å². The third kappa shape index (κ3) is 5.97. The summed E-state index contributed by atoms with van der Waals surface area (Å²) in [7, 11) is 0. The molecule has 5 rings (SSSR count). The van der Waals surface area contributed by atoms with E-state index in [1.165, 1.54) is 5.56 Å². The summed E-state index contributed by atoms with van der Waals surface area (Å²) in [6, 6.07) is 10.1. The molecule has 0 saturated carbocycles. The lowest BCUT2D eigenvalue weighted by Crippen LogP contribution is -2.32. The molecular formula is C26H32N6O3. The number of pyridine rings is 1. The van der Waals surface area contributed by atoms with Crippen LogP contribution in [0, 0.1) is 5.92 Å². The third-order valence-corrected chi connectivity index (χ3v) is 6.59. The molecule has 0 spiro atoms. The molecule has 0 unspecified atom stereocenters. The fourth-order valence-electron chi connectivity index (χ4n) is 4.79. The Morgan fingerprint density at radius 2 is 2.03 bits per heavy atom. The van der Waals surface area contributed by atoms with Gasteiger partial charge in [0.15, 0.2) is 17.3 Å². The number of hydrogen-bond donors (Lipinski definition) is 1. The van der Waals surface area contributed by atoms with Crippen LogP contribution in [0.15, 0.2) is 42.7 Å². The van der Waals surface area contributed by atoms with Gasteiger partial charge in [-0.1, -0.05) is 19.1 Å². The summed E-state index contributed by atoms with van der Waals surface area (Å²) in [5.74, 6) is 4.02. The summed E-state index contributed by atoms with van der Waals surface area (Å²) in [6.45, 7) is 6.76. The molecule has 35 heavy (non-hydrogen) atoms. The van der Waals surface area contributed by atoms with E-state index < -0.39 is 0 Å². The summed E-state index contributed by atoms with van der Waals surface area (Å²) in [5, 5.41) is 11.8. The number of carbonyl (C=O) groups excluding carboxylic acids is 1. The summed E-state index contributed by atoms with van der Waals surface area (Å²) in [5.41, 5.74) is 2.34. The van der Waals surface area contributed by atoms with Crippen molar-refractivity contribution in [3.63, 3.8) is 0 Å². The normalized spacial score (nSPS) is 15.9. The highest BCUT2D eigenvalue weighted by molar-refractivity contribution is 5.76. The van der Waals surface area contributed by atoms with Crippen LogP contribution in [-0.4, -0.2) is 57.0 Å². The van der Waals surface area contributed by atoms with Crippen LogP contribution < -0.4 is 14.8 Å². The van der Waals surface area contributed by atoms with Crippen LogP contribution in [0.5, 0.6) is 11.5 Å². The van der Waals surface area contributed by atoms with Gasteiger partial charge < -0.3 is 24.3 Å². The Kier molecular flexibility index (Phi) is 7.23. The molecule has 184 valence electrons. The average molecular weight is 477 g/mol. The molecule has 2 aromatic heterocycles. The quantitative estimate of drug-likeness (QED) is 0.507. The number of amides is 1. The van der Waals surface area contributed by atoms with E-state index in [2.05, 4.69) is 49.0 Å². The molecule has 1 aromatic carbocycles. The van der Waals surface area contributed by atoms with Crippen LogP contribution in [0.2, 0.25) is 0 Å². The lowest BCUT2D eigenvalue weighted by atomic mass is 10.00. The second-order valence-corrected chi connectivity index (χ2v) is 9.37. The fraction of sp³-hybridized carbons (Fsp3) is 0.462. The number of benzene rings is 1. The molecule has 1 amide bonds. The number of carbonyl (C=O) groups is 1. The van der Waals surface area contributed by atoms with E-state index in [9.17, 15) is 4.79 Å². The third-order valence-electron chi connectivity index (χ3n) is 6.59. The van der Waals surface area contributed by atoms with Crippen molar-refractivity contribution in [3.8, 4) is 11.5 Å². The highest BCUT2D eigenvalue weighted by Crippen LogP contribution is 2.33. The molecule has 9 heteroatoms. The summed E-state index contributed by atoms with van der Waals surface area (Å²) < 4.78 is 13.1. The number of nitrogens with one attached hydrogen (secondary N) is 1. The topological polar surface area (TPSA) is 94.4 Å². The number of fused-ring (bicyclic) bond motifs is 2. The van der Waals surface area contributed by atoms with Gasteiger partial charge in [0.05, 0.1) is 6.54 Å². The van der Waals surface area contributed by atoms with E-state index in [0.29, 0.717) is 32.1 Å². The monoisotopic (exact) mass is 476 g/mol. The lowest BCUT2D eigenvalue weighted by Gasteiger charge is -2.24. The van der Waals surface area contributed by atoms with Crippen LogP contribution in [0.3, 0.4) is 0 Å². The van der Waals surface area contributed by atoms with Crippen molar-refractivity contribution in [1.82, 2.24) is 30.0 Å². The predicted molar refractivity (Wildman–Crippen MR) is 130 cm³/mol. The molecule has 2 aliphatic heterocycles. The van der Waals surface area contributed by atoms with E-state index >= 15 is 0 Å². The van der Waals surface area contributed by atoms with Gasteiger partial charge in [0.25, 0.3) is 0 Å². The standard InChI is InChI=1S/C26H32N6O3/c1-19(13-21-4-6-22-23(14-21)35-18-34-22)17-31-10-8-24-29-30-25(32(24)12-11-31)16-28-26(33)7-5-20-3-2-9-27-15-20/h2-4,6,9,14-15,19H,5,7-8,10-13,16-18H2,1H3,(H,28,33)/t19-/m0/s1. The van der Waals surface area contributed by atoms with E-state index in [1.807, 2.05) is 18.2 Å². The molecule has 9 nitrogen and oxygen atoms in total. The first-order valence-corrected chi connectivity index (χ1v) is 12.3. The van der Waals surface area contributed by atoms with Gasteiger partial charge in [-0.3, -0.25) is 9.78 Å². The second-order valence-electron chi connectivity index (χ2n) is 9.37. The first kappa shape index (κ1) is 23.3. The first-order chi connectivity index (χ1) is 17.1. The maximum absolute atomic E-state index is 12.3. The van der Waals surface area contributed by atoms with Crippen molar-refractivity contribution in [2.75, 3.05) is 26.4 Å². The van der Waals surface area contributed by atoms with Gasteiger partial charge in [-0.2, -0.15) is 0 Å². The molecule has 0 saturated heterocycles. The molecule has 4 heterocycles. The molecule has 1 atom stereocenters. The minimum atomic E-state index is 0.0128. The van der Waals surface area contributed by atoms with E-state index in [4.69, 9.17) is 9.47 Å². The van der Waals surface area contributed by atoms with Crippen molar-refractivity contribution in [2.45, 2.75) is 45.7 Å². The molecule has 0 radical (unpaired) electrons. The largest absolute Gasteiger partial charge is 0.454 e. The first-order valence-electron chi connectivity index (χ1n) is 12.3. The van der Waals surface area contributed by atoms with E-state index in [1.54, 1.807) is 12.4 Å².